The predicted molar refractivity (Wildman–Crippen MR) is 96.9 cm³/mol. The highest BCUT2D eigenvalue weighted by Crippen LogP contribution is 2.19. The summed E-state index contributed by atoms with van der Waals surface area (Å²) in [6.07, 6.45) is 3.79. The molecule has 0 unspecified atom stereocenters. The number of nitrogens with one attached hydrogen (secondary N) is 2. The standard InChI is InChI=1S/C18H20N6O2/c25-16-4-9-24(18(26)21-16)17-13-20-15-12-14(3-8-23(15)17)2-1-7-22-10-5-19-6-11-22/h3,8,12-13,19H,4-7,9-11H2,(H,21,25,26). The highest BCUT2D eigenvalue weighted by atomic mass is 16.2. The molecule has 8 nitrogen and oxygen atoms in total. The van der Waals surface area contributed by atoms with Crippen LogP contribution in [0.25, 0.3) is 5.65 Å². The normalized spacial score (nSPS) is 18.5. The average Bonchev–Trinajstić information content (AvgIpc) is 3.06. The first kappa shape index (κ1) is 16.6. The van der Waals surface area contributed by atoms with Crippen LogP contribution in [0, 0.1) is 11.8 Å². The minimum atomic E-state index is -0.414. The molecular formula is C18H20N6O2. The van der Waals surface area contributed by atoms with Gasteiger partial charge in [0.25, 0.3) is 0 Å². The zero-order valence-corrected chi connectivity index (χ0v) is 14.4. The highest BCUT2D eigenvalue weighted by Gasteiger charge is 2.26. The van der Waals surface area contributed by atoms with Crippen LogP contribution in [0.5, 0.6) is 0 Å². The Labute approximate surface area is 151 Å². The molecule has 0 aliphatic carbocycles. The molecule has 2 aromatic heterocycles. The minimum Gasteiger partial charge on any atom is -0.314 e. The van der Waals surface area contributed by atoms with E-state index in [1.165, 1.54) is 4.90 Å². The third-order valence-corrected chi connectivity index (χ3v) is 4.57. The van der Waals surface area contributed by atoms with Crippen LogP contribution >= 0.6 is 0 Å². The minimum absolute atomic E-state index is 0.248. The van der Waals surface area contributed by atoms with Gasteiger partial charge in [-0.25, -0.2) is 9.78 Å². The quantitative estimate of drug-likeness (QED) is 0.746. The third kappa shape index (κ3) is 3.40. The summed E-state index contributed by atoms with van der Waals surface area (Å²) in [7, 11) is 0. The van der Waals surface area contributed by atoms with Crippen LogP contribution in [0.3, 0.4) is 0 Å². The van der Waals surface area contributed by atoms with E-state index < -0.39 is 6.03 Å². The molecule has 0 spiro atoms. The number of nitrogens with zero attached hydrogens (tertiary/aromatic N) is 4. The molecule has 2 aromatic rings. The van der Waals surface area contributed by atoms with Crippen LogP contribution < -0.4 is 15.5 Å². The fourth-order valence-electron chi connectivity index (χ4n) is 3.15. The predicted octanol–water partition coefficient (Wildman–Crippen LogP) is 0.0373. The molecule has 2 aliphatic rings. The number of rotatable bonds is 2. The van der Waals surface area contributed by atoms with Crippen LogP contribution in [-0.2, 0) is 4.79 Å². The number of imidazole rings is 1. The first-order valence-corrected chi connectivity index (χ1v) is 8.71. The molecular weight excluding hydrogens is 332 g/mol. The second-order valence-electron chi connectivity index (χ2n) is 6.34. The SMILES string of the molecule is O=C1CCN(c2cnc3cc(C#CCN4CCNCC4)ccn23)C(=O)N1. The Bertz CT molecular complexity index is 903. The van der Waals surface area contributed by atoms with Crippen molar-refractivity contribution in [1.82, 2.24) is 24.9 Å². The molecule has 0 saturated carbocycles. The fourth-order valence-corrected chi connectivity index (χ4v) is 3.15. The fraction of sp³-hybridized carbons (Fsp3) is 0.389. The molecule has 2 N–H and O–H groups in total. The summed E-state index contributed by atoms with van der Waals surface area (Å²) >= 11 is 0. The van der Waals surface area contributed by atoms with E-state index in [-0.39, 0.29) is 12.3 Å². The molecule has 3 amide bonds. The molecule has 26 heavy (non-hydrogen) atoms. The summed E-state index contributed by atoms with van der Waals surface area (Å²) < 4.78 is 1.83. The van der Waals surface area contributed by atoms with Crippen molar-refractivity contribution in [3.05, 3.63) is 30.1 Å². The number of imide groups is 1. The molecule has 2 saturated heterocycles. The van der Waals surface area contributed by atoms with E-state index in [9.17, 15) is 9.59 Å². The summed E-state index contributed by atoms with van der Waals surface area (Å²) in [6, 6.07) is 3.40. The molecule has 0 radical (unpaired) electrons. The first-order chi connectivity index (χ1) is 12.7. The Morgan fingerprint density at radius 2 is 2.04 bits per heavy atom. The molecule has 0 bridgehead atoms. The number of hydrogen-bond acceptors (Lipinski definition) is 5. The maximum atomic E-state index is 12.0. The Hall–Kier alpha value is -2.89. The summed E-state index contributed by atoms with van der Waals surface area (Å²) in [5.74, 6) is 6.80. The highest BCUT2D eigenvalue weighted by molar-refractivity contribution is 6.05. The van der Waals surface area contributed by atoms with Gasteiger partial charge in [-0.05, 0) is 12.1 Å². The molecule has 0 atom stereocenters. The topological polar surface area (TPSA) is 82.0 Å². The maximum Gasteiger partial charge on any atom is 0.329 e. The van der Waals surface area contributed by atoms with Crippen molar-refractivity contribution in [3.8, 4) is 11.8 Å². The average molecular weight is 352 g/mol. The van der Waals surface area contributed by atoms with Crippen LogP contribution in [0.1, 0.15) is 12.0 Å². The lowest BCUT2D eigenvalue weighted by molar-refractivity contribution is -0.120. The van der Waals surface area contributed by atoms with Crippen molar-refractivity contribution < 1.29 is 9.59 Å². The second-order valence-corrected chi connectivity index (χ2v) is 6.34. The van der Waals surface area contributed by atoms with Gasteiger partial charge in [-0.2, -0.15) is 0 Å². The van der Waals surface area contributed by atoms with Crippen molar-refractivity contribution >= 4 is 23.4 Å². The molecule has 2 fully saturated rings. The number of carbonyl (C=O) groups excluding carboxylic acids is 2. The van der Waals surface area contributed by atoms with Crippen LogP contribution in [0.15, 0.2) is 24.5 Å². The molecule has 0 aromatic carbocycles. The van der Waals surface area contributed by atoms with Crippen molar-refractivity contribution in [2.45, 2.75) is 6.42 Å². The molecule has 2 aliphatic heterocycles. The summed E-state index contributed by atoms with van der Waals surface area (Å²) in [5, 5.41) is 5.65. The number of piperazine rings is 1. The van der Waals surface area contributed by atoms with Crippen molar-refractivity contribution in [2.75, 3.05) is 44.2 Å². The van der Waals surface area contributed by atoms with Gasteiger partial charge in [-0.1, -0.05) is 11.8 Å². The largest absolute Gasteiger partial charge is 0.329 e. The molecule has 4 heterocycles. The van der Waals surface area contributed by atoms with E-state index in [0.717, 1.165) is 43.9 Å². The number of amides is 3. The number of pyridine rings is 1. The van der Waals surface area contributed by atoms with E-state index in [0.29, 0.717) is 12.4 Å². The van der Waals surface area contributed by atoms with E-state index >= 15 is 0 Å². The smallest absolute Gasteiger partial charge is 0.314 e. The number of aromatic nitrogens is 2. The van der Waals surface area contributed by atoms with Crippen molar-refractivity contribution in [3.63, 3.8) is 0 Å². The number of anilines is 1. The zero-order valence-electron chi connectivity index (χ0n) is 14.4. The van der Waals surface area contributed by atoms with E-state index in [2.05, 4.69) is 32.4 Å². The maximum absolute atomic E-state index is 12.0. The van der Waals surface area contributed by atoms with Crippen LogP contribution in [0.4, 0.5) is 10.6 Å². The van der Waals surface area contributed by atoms with Gasteiger partial charge in [0.1, 0.15) is 11.5 Å². The first-order valence-electron chi connectivity index (χ1n) is 8.71. The third-order valence-electron chi connectivity index (χ3n) is 4.57. The number of urea groups is 1. The summed E-state index contributed by atoms with van der Waals surface area (Å²) in [4.78, 5) is 31.6. The van der Waals surface area contributed by atoms with Gasteiger partial charge in [-0.3, -0.25) is 24.3 Å². The van der Waals surface area contributed by atoms with Crippen molar-refractivity contribution in [2.24, 2.45) is 0 Å². The lowest BCUT2D eigenvalue weighted by Crippen LogP contribution is -2.50. The van der Waals surface area contributed by atoms with Gasteiger partial charge < -0.3 is 5.32 Å². The van der Waals surface area contributed by atoms with Gasteiger partial charge in [0.2, 0.25) is 5.91 Å². The Morgan fingerprint density at radius 3 is 2.85 bits per heavy atom. The number of hydrogen-bond donors (Lipinski definition) is 2. The summed E-state index contributed by atoms with van der Waals surface area (Å²) in [5.41, 5.74) is 1.61. The van der Waals surface area contributed by atoms with Gasteiger partial charge in [-0.15, -0.1) is 0 Å². The molecule has 8 heteroatoms. The van der Waals surface area contributed by atoms with Crippen LogP contribution in [0.2, 0.25) is 0 Å². The van der Waals surface area contributed by atoms with Crippen LogP contribution in [-0.4, -0.2) is 65.5 Å². The zero-order chi connectivity index (χ0) is 17.9. The Morgan fingerprint density at radius 1 is 1.19 bits per heavy atom. The van der Waals surface area contributed by atoms with E-state index in [4.69, 9.17) is 0 Å². The van der Waals surface area contributed by atoms with Gasteiger partial charge in [0.05, 0.1) is 12.7 Å². The van der Waals surface area contributed by atoms with E-state index in [1.54, 1.807) is 6.20 Å². The number of carbonyl (C=O) groups is 2. The number of fused-ring (bicyclic) bond motifs is 1. The molecule has 4 rings (SSSR count). The summed E-state index contributed by atoms with van der Waals surface area (Å²) in [6.45, 7) is 5.19. The Kier molecular flexibility index (Phi) is 4.56. The lowest BCUT2D eigenvalue weighted by Gasteiger charge is -2.25. The van der Waals surface area contributed by atoms with Gasteiger partial charge in [0, 0.05) is 50.9 Å². The van der Waals surface area contributed by atoms with Gasteiger partial charge in [0.15, 0.2) is 0 Å². The van der Waals surface area contributed by atoms with Gasteiger partial charge >= 0.3 is 6.03 Å². The van der Waals surface area contributed by atoms with Crippen molar-refractivity contribution in [1.29, 1.82) is 0 Å². The lowest BCUT2D eigenvalue weighted by atomic mass is 10.2. The Balaban J connectivity index is 1.50. The second kappa shape index (κ2) is 7.15. The monoisotopic (exact) mass is 352 g/mol. The molecule has 134 valence electrons. The van der Waals surface area contributed by atoms with E-state index in [1.807, 2.05) is 22.7 Å².